The summed E-state index contributed by atoms with van der Waals surface area (Å²) < 4.78 is 27.7. The van der Waals surface area contributed by atoms with E-state index in [9.17, 15) is 13.2 Å². The lowest BCUT2D eigenvalue weighted by atomic mass is 9.86. The first kappa shape index (κ1) is 17.1. The number of carbonyl (C=O) groups excluding carboxylic acids is 1. The molecule has 0 unspecified atom stereocenters. The van der Waals surface area contributed by atoms with Gasteiger partial charge in [-0.15, -0.1) is 0 Å². The van der Waals surface area contributed by atoms with Crippen molar-refractivity contribution in [3.8, 4) is 0 Å². The first-order chi connectivity index (χ1) is 11.1. The van der Waals surface area contributed by atoms with Crippen LogP contribution in [0.4, 0.5) is 11.4 Å². The smallest absolute Gasteiger partial charge is 0.261 e. The molecule has 0 saturated heterocycles. The van der Waals surface area contributed by atoms with Crippen molar-refractivity contribution in [3.63, 3.8) is 0 Å². The molecular weight excluding hydrogens is 371 g/mol. The molecule has 0 aliphatic carbocycles. The van der Waals surface area contributed by atoms with Gasteiger partial charge in [0, 0.05) is 15.7 Å². The minimum Gasteiger partial charge on any atom is -0.325 e. The van der Waals surface area contributed by atoms with Crippen LogP contribution in [0, 0.1) is 0 Å². The molecule has 1 aliphatic rings. The molecule has 0 spiro atoms. The molecule has 1 aliphatic heterocycles. The standard InChI is InChI=1S/C16H14Cl2N2O3S/c1-16(2)13-8-12(3-4-14(13)19-15(16)21)24(22,23)20-11-6-9(17)5-10(18)7-11/h3-8,20H,1-2H3,(H,19,21). The van der Waals surface area contributed by atoms with Crippen LogP contribution in [-0.4, -0.2) is 14.3 Å². The maximum absolute atomic E-state index is 12.6. The Labute approximate surface area is 150 Å². The summed E-state index contributed by atoms with van der Waals surface area (Å²) in [6, 6.07) is 8.97. The Balaban J connectivity index is 2.00. The maximum Gasteiger partial charge on any atom is 0.261 e. The molecule has 0 aromatic heterocycles. The maximum atomic E-state index is 12.6. The lowest BCUT2D eigenvalue weighted by molar-refractivity contribution is -0.119. The molecule has 0 atom stereocenters. The van der Waals surface area contributed by atoms with Crippen LogP contribution < -0.4 is 10.0 Å². The highest BCUT2D eigenvalue weighted by molar-refractivity contribution is 7.92. The second-order valence-electron chi connectivity index (χ2n) is 6.05. The number of nitrogens with one attached hydrogen (secondary N) is 2. The minimum atomic E-state index is -3.84. The van der Waals surface area contributed by atoms with Crippen LogP contribution in [-0.2, 0) is 20.2 Å². The van der Waals surface area contributed by atoms with Crippen molar-refractivity contribution in [1.29, 1.82) is 0 Å². The van der Waals surface area contributed by atoms with Gasteiger partial charge in [0.2, 0.25) is 5.91 Å². The van der Waals surface area contributed by atoms with E-state index in [1.165, 1.54) is 30.3 Å². The van der Waals surface area contributed by atoms with E-state index in [2.05, 4.69) is 10.0 Å². The van der Waals surface area contributed by atoms with Crippen LogP contribution in [0.2, 0.25) is 10.0 Å². The molecule has 0 fully saturated rings. The fraction of sp³-hybridized carbons (Fsp3) is 0.188. The third-order valence-corrected chi connectivity index (χ3v) is 5.72. The Kier molecular flexibility index (Phi) is 4.02. The number of hydrogen-bond donors (Lipinski definition) is 2. The lowest BCUT2D eigenvalue weighted by Crippen LogP contribution is -2.27. The Morgan fingerprint density at radius 2 is 1.67 bits per heavy atom. The van der Waals surface area contributed by atoms with Crippen molar-refractivity contribution in [2.45, 2.75) is 24.2 Å². The summed E-state index contributed by atoms with van der Waals surface area (Å²) >= 11 is 11.8. The number of benzene rings is 2. The molecule has 0 bridgehead atoms. The summed E-state index contributed by atoms with van der Waals surface area (Å²) in [6.07, 6.45) is 0. The highest BCUT2D eigenvalue weighted by atomic mass is 35.5. The minimum absolute atomic E-state index is 0.0573. The molecule has 0 saturated carbocycles. The average Bonchev–Trinajstić information content (AvgIpc) is 2.67. The number of hydrogen-bond acceptors (Lipinski definition) is 3. The monoisotopic (exact) mass is 384 g/mol. The Morgan fingerprint density at radius 1 is 1.04 bits per heavy atom. The molecule has 126 valence electrons. The van der Waals surface area contributed by atoms with Crippen molar-refractivity contribution in [2.75, 3.05) is 10.0 Å². The largest absolute Gasteiger partial charge is 0.325 e. The van der Waals surface area contributed by atoms with Crippen LogP contribution in [0.15, 0.2) is 41.3 Å². The van der Waals surface area contributed by atoms with E-state index in [0.717, 1.165) is 0 Å². The van der Waals surface area contributed by atoms with Crippen molar-refractivity contribution in [3.05, 3.63) is 52.0 Å². The van der Waals surface area contributed by atoms with E-state index in [-0.39, 0.29) is 16.5 Å². The fourth-order valence-electron chi connectivity index (χ4n) is 2.54. The number of carbonyl (C=O) groups is 1. The molecule has 2 aromatic rings. The molecule has 8 heteroatoms. The zero-order chi connectivity index (χ0) is 17.7. The number of sulfonamides is 1. The van der Waals surface area contributed by atoms with E-state index >= 15 is 0 Å². The molecule has 3 rings (SSSR count). The zero-order valence-corrected chi connectivity index (χ0v) is 15.2. The highest BCUT2D eigenvalue weighted by Crippen LogP contribution is 2.38. The van der Waals surface area contributed by atoms with Crippen LogP contribution in [0.25, 0.3) is 0 Å². The van der Waals surface area contributed by atoms with Gasteiger partial charge in [0.1, 0.15) is 0 Å². The van der Waals surface area contributed by atoms with Crippen LogP contribution in [0.5, 0.6) is 0 Å². The summed E-state index contributed by atoms with van der Waals surface area (Å²) in [7, 11) is -3.84. The second kappa shape index (κ2) is 5.65. The van der Waals surface area contributed by atoms with Gasteiger partial charge in [0.25, 0.3) is 10.0 Å². The van der Waals surface area contributed by atoms with Crippen LogP contribution in [0.1, 0.15) is 19.4 Å². The Bertz CT molecular complexity index is 936. The predicted octanol–water partition coefficient (Wildman–Crippen LogP) is 4.02. The number of halogens is 2. The second-order valence-corrected chi connectivity index (χ2v) is 8.61. The Morgan fingerprint density at radius 3 is 2.29 bits per heavy atom. The summed E-state index contributed by atoms with van der Waals surface area (Å²) in [5, 5.41) is 3.39. The highest BCUT2D eigenvalue weighted by Gasteiger charge is 2.39. The van der Waals surface area contributed by atoms with Gasteiger partial charge in [-0.1, -0.05) is 23.2 Å². The fourth-order valence-corrected chi connectivity index (χ4v) is 4.14. The summed E-state index contributed by atoms with van der Waals surface area (Å²) in [5.74, 6) is -0.165. The average molecular weight is 385 g/mol. The first-order valence-corrected chi connectivity index (χ1v) is 9.28. The Hall–Kier alpha value is -1.76. The molecule has 24 heavy (non-hydrogen) atoms. The van der Waals surface area contributed by atoms with Crippen molar-refractivity contribution < 1.29 is 13.2 Å². The van der Waals surface area contributed by atoms with Gasteiger partial charge < -0.3 is 5.32 Å². The number of rotatable bonds is 3. The first-order valence-electron chi connectivity index (χ1n) is 7.04. The van der Waals surface area contributed by atoms with Gasteiger partial charge in [-0.05, 0) is 55.8 Å². The number of fused-ring (bicyclic) bond motifs is 1. The van der Waals surface area contributed by atoms with Gasteiger partial charge in [-0.25, -0.2) is 8.42 Å². The number of amides is 1. The van der Waals surface area contributed by atoms with Crippen molar-refractivity contribution in [2.24, 2.45) is 0 Å². The molecule has 5 nitrogen and oxygen atoms in total. The predicted molar refractivity (Wildman–Crippen MR) is 95.4 cm³/mol. The van der Waals surface area contributed by atoms with E-state index in [0.29, 0.717) is 21.3 Å². The molecule has 2 aromatic carbocycles. The van der Waals surface area contributed by atoms with Crippen LogP contribution in [0.3, 0.4) is 0 Å². The zero-order valence-electron chi connectivity index (χ0n) is 12.9. The van der Waals surface area contributed by atoms with Gasteiger partial charge in [0.15, 0.2) is 0 Å². The normalized spacial score (nSPS) is 15.8. The SMILES string of the molecule is CC1(C)C(=O)Nc2ccc(S(=O)(=O)Nc3cc(Cl)cc(Cl)c3)cc21. The molecule has 1 amide bonds. The molecular formula is C16H14Cl2N2O3S. The third kappa shape index (κ3) is 2.97. The third-order valence-electron chi connectivity index (χ3n) is 3.91. The summed E-state index contributed by atoms with van der Waals surface area (Å²) in [5.41, 5.74) is 0.732. The lowest BCUT2D eigenvalue weighted by Gasteiger charge is -2.16. The molecule has 1 heterocycles. The molecule has 2 N–H and O–H groups in total. The van der Waals surface area contributed by atoms with Gasteiger partial charge >= 0.3 is 0 Å². The molecule has 0 radical (unpaired) electrons. The van der Waals surface area contributed by atoms with E-state index in [1.54, 1.807) is 19.9 Å². The summed E-state index contributed by atoms with van der Waals surface area (Å²) in [6.45, 7) is 3.49. The topological polar surface area (TPSA) is 75.3 Å². The quantitative estimate of drug-likeness (QED) is 0.838. The van der Waals surface area contributed by atoms with Gasteiger partial charge in [-0.2, -0.15) is 0 Å². The van der Waals surface area contributed by atoms with Gasteiger partial charge in [-0.3, -0.25) is 9.52 Å². The van der Waals surface area contributed by atoms with E-state index in [1.807, 2.05) is 0 Å². The summed E-state index contributed by atoms with van der Waals surface area (Å²) in [4.78, 5) is 12.0. The number of anilines is 2. The van der Waals surface area contributed by atoms with Gasteiger partial charge in [0.05, 0.1) is 16.0 Å². The van der Waals surface area contributed by atoms with Crippen molar-refractivity contribution >= 4 is 50.5 Å². The van der Waals surface area contributed by atoms with Crippen LogP contribution >= 0.6 is 23.2 Å². The van der Waals surface area contributed by atoms with E-state index < -0.39 is 15.4 Å². The van der Waals surface area contributed by atoms with Crippen molar-refractivity contribution in [1.82, 2.24) is 0 Å². The van der Waals surface area contributed by atoms with E-state index in [4.69, 9.17) is 23.2 Å².